The van der Waals surface area contributed by atoms with Crippen LogP contribution in [-0.4, -0.2) is 43.1 Å². The molecule has 5 heteroatoms. The van der Waals surface area contributed by atoms with E-state index >= 15 is 0 Å². The number of halogens is 1. The number of hydrogen-bond acceptors (Lipinski definition) is 3. The first-order valence-corrected chi connectivity index (χ1v) is 7.39. The molecule has 0 spiro atoms. The van der Waals surface area contributed by atoms with Crippen LogP contribution >= 0.6 is 23.8 Å². The van der Waals surface area contributed by atoms with Gasteiger partial charge < -0.3 is 15.5 Å². The summed E-state index contributed by atoms with van der Waals surface area (Å²) in [6.07, 6.45) is 2.64. The Balaban J connectivity index is 2.05. The average molecular weight is 298 g/mol. The summed E-state index contributed by atoms with van der Waals surface area (Å²) in [5, 5.41) is 0.666. The minimum absolute atomic E-state index is 0.394. The fraction of sp³-hybridized carbons (Fsp3) is 0.500. The third-order valence-corrected chi connectivity index (χ3v) is 4.04. The highest BCUT2D eigenvalue weighted by molar-refractivity contribution is 7.80. The van der Waals surface area contributed by atoms with Crippen molar-refractivity contribution in [2.75, 3.05) is 38.1 Å². The molecule has 1 saturated heterocycles. The lowest BCUT2D eigenvalue weighted by Gasteiger charge is -2.25. The van der Waals surface area contributed by atoms with Crippen LogP contribution in [0.5, 0.6) is 0 Å². The molecule has 0 amide bonds. The Morgan fingerprint density at radius 1 is 1.42 bits per heavy atom. The van der Waals surface area contributed by atoms with Crippen molar-refractivity contribution >= 4 is 34.5 Å². The van der Waals surface area contributed by atoms with Gasteiger partial charge in [0.15, 0.2) is 0 Å². The van der Waals surface area contributed by atoms with E-state index in [4.69, 9.17) is 29.6 Å². The number of benzene rings is 1. The van der Waals surface area contributed by atoms with E-state index in [1.165, 1.54) is 25.9 Å². The van der Waals surface area contributed by atoms with E-state index in [1.54, 1.807) is 0 Å². The molecule has 19 heavy (non-hydrogen) atoms. The largest absolute Gasteiger partial charge is 0.389 e. The second kappa shape index (κ2) is 6.55. The van der Waals surface area contributed by atoms with Crippen LogP contribution in [0.4, 0.5) is 5.69 Å². The van der Waals surface area contributed by atoms with Crippen molar-refractivity contribution in [1.29, 1.82) is 0 Å². The van der Waals surface area contributed by atoms with E-state index in [2.05, 4.69) is 16.8 Å². The minimum atomic E-state index is 0.394. The highest BCUT2D eigenvalue weighted by Crippen LogP contribution is 2.23. The van der Waals surface area contributed by atoms with E-state index in [-0.39, 0.29) is 0 Å². The summed E-state index contributed by atoms with van der Waals surface area (Å²) in [6.45, 7) is 4.49. The Morgan fingerprint density at radius 3 is 2.74 bits per heavy atom. The van der Waals surface area contributed by atoms with Gasteiger partial charge in [0.2, 0.25) is 0 Å². The summed E-state index contributed by atoms with van der Waals surface area (Å²) in [5.41, 5.74) is 7.68. The van der Waals surface area contributed by atoms with Crippen LogP contribution < -0.4 is 10.6 Å². The van der Waals surface area contributed by atoms with Crippen LogP contribution in [0.25, 0.3) is 0 Å². The molecular formula is C14H20ClN3S. The molecule has 0 atom stereocenters. The Morgan fingerprint density at radius 2 is 2.11 bits per heavy atom. The fourth-order valence-electron chi connectivity index (χ4n) is 2.46. The molecule has 1 aliphatic rings. The number of nitrogens with two attached hydrogens (primary N) is 1. The summed E-state index contributed by atoms with van der Waals surface area (Å²) in [4.78, 5) is 5.08. The number of thiocarbonyl (C=S) groups is 1. The number of nitrogens with zero attached hydrogens (tertiary/aromatic N) is 2. The van der Waals surface area contributed by atoms with Crippen LogP contribution in [0.2, 0.25) is 5.02 Å². The maximum absolute atomic E-state index is 6.00. The summed E-state index contributed by atoms with van der Waals surface area (Å²) in [5.74, 6) is 0. The van der Waals surface area contributed by atoms with Crippen molar-refractivity contribution in [2.24, 2.45) is 5.73 Å². The van der Waals surface area contributed by atoms with Crippen molar-refractivity contribution < 1.29 is 0 Å². The molecule has 104 valence electrons. The molecule has 3 nitrogen and oxygen atoms in total. The zero-order valence-electron chi connectivity index (χ0n) is 11.2. The van der Waals surface area contributed by atoms with Gasteiger partial charge in [0, 0.05) is 36.4 Å². The monoisotopic (exact) mass is 297 g/mol. The van der Waals surface area contributed by atoms with Gasteiger partial charge in [0.25, 0.3) is 0 Å². The first kappa shape index (κ1) is 14.6. The molecule has 1 aromatic rings. The van der Waals surface area contributed by atoms with Gasteiger partial charge in [-0.05, 0) is 44.1 Å². The van der Waals surface area contributed by atoms with Crippen molar-refractivity contribution in [1.82, 2.24) is 4.90 Å². The summed E-state index contributed by atoms with van der Waals surface area (Å²) in [7, 11) is 2.07. The molecule has 0 radical (unpaired) electrons. The zero-order chi connectivity index (χ0) is 13.8. The highest BCUT2D eigenvalue weighted by atomic mass is 35.5. The van der Waals surface area contributed by atoms with Gasteiger partial charge >= 0.3 is 0 Å². The van der Waals surface area contributed by atoms with E-state index in [1.807, 2.05) is 18.2 Å². The summed E-state index contributed by atoms with van der Waals surface area (Å²) < 4.78 is 0. The first-order chi connectivity index (χ1) is 9.08. The standard InChI is InChI=1S/C14H20ClN3S/c1-17(8-9-18-6-2-3-7-18)13-5-4-11(15)10-12(13)14(16)19/h4-5,10H,2-3,6-9H2,1H3,(H2,16,19). The molecule has 1 aliphatic heterocycles. The van der Waals surface area contributed by atoms with Gasteiger partial charge in [-0.3, -0.25) is 0 Å². The number of rotatable bonds is 5. The topological polar surface area (TPSA) is 32.5 Å². The molecule has 0 aliphatic carbocycles. The van der Waals surface area contributed by atoms with Crippen molar-refractivity contribution in [3.63, 3.8) is 0 Å². The van der Waals surface area contributed by atoms with Crippen molar-refractivity contribution in [2.45, 2.75) is 12.8 Å². The van der Waals surface area contributed by atoms with Crippen LogP contribution in [0, 0.1) is 0 Å². The normalized spacial score (nSPS) is 15.7. The van der Waals surface area contributed by atoms with Crippen LogP contribution in [0.15, 0.2) is 18.2 Å². The maximum atomic E-state index is 6.00. The van der Waals surface area contributed by atoms with Crippen molar-refractivity contribution in [3.05, 3.63) is 28.8 Å². The third-order valence-electron chi connectivity index (χ3n) is 3.59. The molecular weight excluding hydrogens is 278 g/mol. The lowest BCUT2D eigenvalue weighted by atomic mass is 10.1. The van der Waals surface area contributed by atoms with Gasteiger partial charge in [-0.25, -0.2) is 0 Å². The predicted molar refractivity (Wildman–Crippen MR) is 86.3 cm³/mol. The summed E-state index contributed by atoms with van der Waals surface area (Å²) in [6, 6.07) is 5.71. The predicted octanol–water partition coefficient (Wildman–Crippen LogP) is 2.51. The van der Waals surface area contributed by atoms with Gasteiger partial charge in [0.05, 0.1) is 0 Å². The fourth-order valence-corrected chi connectivity index (χ4v) is 2.79. The third kappa shape index (κ3) is 3.81. The van der Waals surface area contributed by atoms with E-state index < -0.39 is 0 Å². The molecule has 1 heterocycles. The quantitative estimate of drug-likeness (QED) is 0.847. The SMILES string of the molecule is CN(CCN1CCCC1)c1ccc(Cl)cc1C(N)=S. The number of hydrogen-bond donors (Lipinski definition) is 1. The zero-order valence-corrected chi connectivity index (χ0v) is 12.8. The molecule has 1 fully saturated rings. The van der Waals surface area contributed by atoms with Crippen LogP contribution in [0.1, 0.15) is 18.4 Å². The number of anilines is 1. The van der Waals surface area contributed by atoms with E-state index in [0.29, 0.717) is 10.0 Å². The Hall–Kier alpha value is -0.840. The van der Waals surface area contributed by atoms with E-state index in [0.717, 1.165) is 24.3 Å². The second-order valence-electron chi connectivity index (χ2n) is 5.00. The van der Waals surface area contributed by atoms with Crippen molar-refractivity contribution in [3.8, 4) is 0 Å². The van der Waals surface area contributed by atoms with Gasteiger partial charge in [-0.2, -0.15) is 0 Å². The number of likely N-dealkylation sites (N-methyl/N-ethyl adjacent to an activating group) is 1. The van der Waals surface area contributed by atoms with Crippen LogP contribution in [-0.2, 0) is 0 Å². The molecule has 2 N–H and O–H groups in total. The summed E-state index contributed by atoms with van der Waals surface area (Å²) >= 11 is 11.1. The average Bonchev–Trinajstić information content (AvgIpc) is 2.88. The number of likely N-dealkylation sites (tertiary alicyclic amines) is 1. The lowest BCUT2D eigenvalue weighted by Crippen LogP contribution is -2.32. The molecule has 0 bridgehead atoms. The maximum Gasteiger partial charge on any atom is 0.106 e. The van der Waals surface area contributed by atoms with Crippen LogP contribution in [0.3, 0.4) is 0 Å². The van der Waals surface area contributed by atoms with E-state index in [9.17, 15) is 0 Å². The Labute approximate surface area is 125 Å². The van der Waals surface area contributed by atoms with Gasteiger partial charge in [0.1, 0.15) is 4.99 Å². The Kier molecular flexibility index (Phi) is 5.02. The van der Waals surface area contributed by atoms with Gasteiger partial charge in [-0.1, -0.05) is 23.8 Å². The molecule has 0 unspecified atom stereocenters. The lowest BCUT2D eigenvalue weighted by molar-refractivity contribution is 0.346. The highest BCUT2D eigenvalue weighted by Gasteiger charge is 2.14. The molecule has 1 aromatic carbocycles. The molecule has 0 saturated carbocycles. The smallest absolute Gasteiger partial charge is 0.106 e. The second-order valence-corrected chi connectivity index (χ2v) is 5.87. The van der Waals surface area contributed by atoms with Gasteiger partial charge in [-0.15, -0.1) is 0 Å². The molecule has 0 aromatic heterocycles. The molecule has 2 rings (SSSR count). The Bertz CT molecular complexity index is 458. The first-order valence-electron chi connectivity index (χ1n) is 6.61. The minimum Gasteiger partial charge on any atom is -0.389 e.